The monoisotopic (exact) mass is 974 g/mol. The van der Waals surface area contributed by atoms with Gasteiger partial charge in [0, 0.05) is 57.0 Å². The van der Waals surface area contributed by atoms with E-state index in [0.29, 0.717) is 55.1 Å². The number of cyclic esters (lactones) is 1. The molecule has 1 saturated carbocycles. The highest BCUT2D eigenvalue weighted by molar-refractivity contribution is 5.91. The topological polar surface area (TPSA) is 248 Å². The lowest BCUT2D eigenvalue weighted by molar-refractivity contribution is -0.305. The van der Waals surface area contributed by atoms with Crippen LogP contribution in [0.3, 0.4) is 0 Å². The Labute approximate surface area is 405 Å². The second-order valence-corrected chi connectivity index (χ2v) is 19.1. The predicted octanol–water partition coefficient (Wildman–Crippen LogP) is 3.79. The number of fused-ring (bicyclic) bond motifs is 3. The summed E-state index contributed by atoms with van der Waals surface area (Å²) in [5.74, 6) is -1.56. The van der Waals surface area contributed by atoms with E-state index in [1.807, 2.05) is 33.8 Å². The number of hydrogen-bond acceptors (Lipinski definition) is 19. The summed E-state index contributed by atoms with van der Waals surface area (Å²) in [5.41, 5.74) is 1.68. The fourth-order valence-corrected chi connectivity index (χ4v) is 9.93. The molecule has 69 heavy (non-hydrogen) atoms. The van der Waals surface area contributed by atoms with Crippen LogP contribution in [0.2, 0.25) is 0 Å². The van der Waals surface area contributed by atoms with Gasteiger partial charge in [-0.1, -0.05) is 48.8 Å². The van der Waals surface area contributed by atoms with Crippen molar-refractivity contribution < 1.29 is 72.2 Å². The number of nitrogens with one attached hydrogen (secondary N) is 1. The third kappa shape index (κ3) is 14.4. The number of carbonyl (C=O) groups excluding carboxylic acids is 2. The first-order valence-corrected chi connectivity index (χ1v) is 24.2. The minimum absolute atomic E-state index is 0.0268. The minimum atomic E-state index is -1.26. The lowest BCUT2D eigenvalue weighted by Gasteiger charge is -2.47. The maximum absolute atomic E-state index is 14.5. The summed E-state index contributed by atoms with van der Waals surface area (Å²) < 4.78 is 55.7. The van der Waals surface area contributed by atoms with Crippen LogP contribution in [0.1, 0.15) is 78.9 Å². The van der Waals surface area contributed by atoms with Crippen molar-refractivity contribution in [2.45, 2.75) is 153 Å². The molecular formula is C49H75N5O15. The molecule has 3 aliphatic heterocycles. The zero-order valence-corrected chi connectivity index (χ0v) is 41.5. The Morgan fingerprint density at radius 1 is 0.986 bits per heavy atom. The highest BCUT2D eigenvalue weighted by atomic mass is 16.7. The van der Waals surface area contributed by atoms with Crippen molar-refractivity contribution in [3.63, 3.8) is 0 Å². The van der Waals surface area contributed by atoms with Gasteiger partial charge in [-0.2, -0.15) is 0 Å². The molecule has 4 N–H and O–H groups in total. The summed E-state index contributed by atoms with van der Waals surface area (Å²) in [6.45, 7) is 9.59. The molecule has 1 aliphatic carbocycles. The second-order valence-electron chi connectivity index (χ2n) is 19.1. The van der Waals surface area contributed by atoms with Gasteiger partial charge in [0.1, 0.15) is 35.8 Å². The van der Waals surface area contributed by atoms with Crippen LogP contribution >= 0.6 is 0 Å². The van der Waals surface area contributed by atoms with Gasteiger partial charge in [0.15, 0.2) is 30.3 Å². The molecule has 1 unspecified atom stereocenters. The molecule has 16 atom stereocenters. The number of methoxy groups -OCH3 is 2. The fraction of sp³-hybridized carbons (Fsp3) is 0.735. The number of rotatable bonds is 13. The quantitative estimate of drug-likeness (QED) is 0.165. The number of allylic oxidation sites excluding steroid dienone is 3. The maximum Gasteiger partial charge on any atom is 0.308 e. The molecule has 2 aromatic heterocycles. The number of carbonyl (C=O) groups is 2. The van der Waals surface area contributed by atoms with Crippen molar-refractivity contribution in [2.24, 2.45) is 28.8 Å². The molecule has 20 heteroatoms. The van der Waals surface area contributed by atoms with E-state index >= 15 is 0 Å². The molecule has 6 rings (SSSR count). The number of nitrogens with zero attached hydrogens (tertiary/aromatic N) is 4. The average Bonchev–Trinajstić information content (AvgIpc) is 4.04. The maximum atomic E-state index is 14.5. The average molecular weight is 974 g/mol. The lowest BCUT2D eigenvalue weighted by atomic mass is 9.79. The van der Waals surface area contributed by atoms with Crippen molar-refractivity contribution in [3.8, 4) is 11.5 Å². The molecule has 0 spiro atoms. The van der Waals surface area contributed by atoms with Crippen LogP contribution in [0.4, 0.5) is 0 Å². The Morgan fingerprint density at radius 3 is 2.48 bits per heavy atom. The van der Waals surface area contributed by atoms with Gasteiger partial charge in [0.2, 0.25) is 0 Å². The van der Waals surface area contributed by atoms with E-state index in [0.717, 1.165) is 5.57 Å². The van der Waals surface area contributed by atoms with Gasteiger partial charge < -0.3 is 72.5 Å². The first-order chi connectivity index (χ1) is 33.1. The molecule has 3 fully saturated rings. The molecular weight excluding hydrogens is 899 g/mol. The van der Waals surface area contributed by atoms with E-state index < -0.39 is 97.1 Å². The van der Waals surface area contributed by atoms with Crippen LogP contribution in [0, 0.1) is 23.7 Å². The normalized spacial score (nSPS) is 37.8. The van der Waals surface area contributed by atoms with E-state index in [9.17, 15) is 24.9 Å². The number of likely N-dealkylation sites (N-methyl/N-ethyl adjacent to an activating group) is 1. The Balaban J connectivity index is 1.32. The van der Waals surface area contributed by atoms with Crippen LogP contribution in [0.25, 0.3) is 11.5 Å². The Bertz CT molecular complexity index is 1990. The summed E-state index contributed by atoms with van der Waals surface area (Å²) >= 11 is 0. The van der Waals surface area contributed by atoms with E-state index in [-0.39, 0.29) is 51.2 Å². The number of H-pyrrole nitrogens is 1. The summed E-state index contributed by atoms with van der Waals surface area (Å²) in [6, 6.07) is 0.978. The summed E-state index contributed by atoms with van der Waals surface area (Å²) in [4.78, 5) is 43.2. The molecule has 2 saturated heterocycles. The zero-order chi connectivity index (χ0) is 49.8. The van der Waals surface area contributed by atoms with Crippen molar-refractivity contribution in [2.75, 3.05) is 54.7 Å². The largest absolute Gasteiger partial charge is 0.462 e. The van der Waals surface area contributed by atoms with Crippen molar-refractivity contribution in [3.05, 3.63) is 48.0 Å². The van der Waals surface area contributed by atoms with Crippen molar-refractivity contribution in [1.82, 2.24) is 20.0 Å². The number of esters is 1. The number of ether oxygens (including phenoxy) is 8. The molecule has 0 radical (unpaired) electrons. The molecule has 5 heterocycles. The Hall–Kier alpha value is -3.93. The van der Waals surface area contributed by atoms with Gasteiger partial charge in [0.25, 0.3) is 0 Å². The fourth-order valence-electron chi connectivity index (χ4n) is 9.93. The molecule has 0 amide bonds. The van der Waals surface area contributed by atoms with E-state index in [1.54, 1.807) is 63.6 Å². The van der Waals surface area contributed by atoms with Crippen LogP contribution in [0.15, 0.2) is 51.9 Å². The number of hydrogen-bond donors (Lipinski definition) is 4. The Morgan fingerprint density at radius 2 is 1.77 bits per heavy atom. The van der Waals surface area contributed by atoms with Crippen molar-refractivity contribution >= 4 is 17.5 Å². The summed E-state index contributed by atoms with van der Waals surface area (Å²) in [6.07, 6.45) is 1.97. The van der Waals surface area contributed by atoms with Gasteiger partial charge in [-0.3, -0.25) is 9.59 Å². The van der Waals surface area contributed by atoms with Gasteiger partial charge in [-0.15, -0.1) is 0 Å². The number of aromatic nitrogens is 3. The molecule has 2 aromatic rings. The number of ketones is 1. The third-order valence-electron chi connectivity index (χ3n) is 13.9. The van der Waals surface area contributed by atoms with Crippen molar-refractivity contribution in [1.29, 1.82) is 0 Å². The second kappa shape index (κ2) is 26.0. The number of aliphatic hydroxyl groups is 3. The molecule has 386 valence electrons. The van der Waals surface area contributed by atoms with Crippen LogP contribution in [-0.4, -0.2) is 181 Å². The highest BCUT2D eigenvalue weighted by Gasteiger charge is 2.48. The first kappa shape index (κ1) is 54.4. The summed E-state index contributed by atoms with van der Waals surface area (Å²) in [7, 11) is 6.63. The van der Waals surface area contributed by atoms with Crippen LogP contribution < -0.4 is 0 Å². The Kier molecular flexibility index (Phi) is 20.5. The summed E-state index contributed by atoms with van der Waals surface area (Å²) in [5, 5.41) is 41.9. The number of oxime groups is 1. The van der Waals surface area contributed by atoms with Crippen LogP contribution in [0.5, 0.6) is 0 Å². The van der Waals surface area contributed by atoms with Crippen LogP contribution in [-0.2, 0) is 58.9 Å². The predicted molar refractivity (Wildman–Crippen MR) is 249 cm³/mol. The zero-order valence-electron chi connectivity index (χ0n) is 41.5. The molecule has 20 nitrogen and oxygen atoms in total. The minimum Gasteiger partial charge on any atom is -0.462 e. The van der Waals surface area contributed by atoms with Gasteiger partial charge in [0.05, 0.1) is 68.9 Å². The van der Waals surface area contributed by atoms with Gasteiger partial charge in [-0.05, 0) is 72.0 Å². The van der Waals surface area contributed by atoms with E-state index in [4.69, 9.17) is 47.3 Å². The standard InChI is InChI=1S/C49H75N5O15/c1-10-38-32(23-63-39-14-13-37(56)46(60-8)47(39)61-9)19-27(2)11-12-36(55)28(3)20-31-15-18-62-24-33(52-65-26-34-21-35(53-69-34)48-50-16-17-51-48)25-64-40(22-41(57)67-38)29(4)45(31)68-49-44(59)42(54(6)7)43(58)30(5)66-49/h11-12,16-17,19,21,28-32,37-40,42-47,49,56,58-59H,10,13-15,18,20,22-26H2,1-9H3,(H,50,51)/b12-11+,27-19+,52-33+/t28-,29+,30-,31?,32-,37-,38-,39-,40-,42+,43-,44-,45-,46-,47+,49+/m1/s1. The van der Waals surface area contributed by atoms with E-state index in [1.165, 1.54) is 7.11 Å². The third-order valence-corrected chi connectivity index (χ3v) is 13.9. The molecule has 4 aliphatic rings. The van der Waals surface area contributed by atoms with Gasteiger partial charge in [-0.25, -0.2) is 4.98 Å². The molecule has 2 bridgehead atoms. The first-order valence-electron chi connectivity index (χ1n) is 24.2. The highest BCUT2D eigenvalue weighted by Crippen LogP contribution is 2.36. The lowest BCUT2D eigenvalue weighted by Crippen LogP contribution is -2.63. The number of imidazole rings is 1. The number of aliphatic hydroxyl groups excluding tert-OH is 3. The smallest absolute Gasteiger partial charge is 0.308 e. The van der Waals surface area contributed by atoms with Gasteiger partial charge >= 0.3 is 5.97 Å². The van der Waals surface area contributed by atoms with E-state index in [2.05, 4.69) is 20.3 Å². The molecule has 0 aromatic carbocycles. The SMILES string of the molecule is CC[C@H]1OC(=O)C[C@H]2OC/C(=N/OCc3cc(-c4ncc[nH]4)no3)COCCC(C[C@@H](C)C(=O)/C=C/C(C)=C/[C@@H]1CO[C@@H]1CC[C@@H](O)[C@@H](OC)[C@H]1OC)[C@H](O[C@@H]1O[C@H](C)[C@@H](O)[C@H](N(C)C)[C@H]1O)[C@H]2C. The number of aromatic amines is 1.